The first-order valence-electron chi connectivity index (χ1n) is 5.20. The zero-order valence-corrected chi connectivity index (χ0v) is 10.4. The van der Waals surface area contributed by atoms with E-state index >= 15 is 0 Å². The van der Waals surface area contributed by atoms with E-state index in [2.05, 4.69) is 6.92 Å². The third-order valence-electron chi connectivity index (χ3n) is 2.02. The smallest absolute Gasteiger partial charge is 0.255 e. The maximum atomic E-state index is 11.5. The SMILES string of the molecule is CCCCCN(CCC)C(=O)C(Cl)Cl. The summed E-state index contributed by atoms with van der Waals surface area (Å²) in [7, 11) is 0. The molecular formula is C10H19Cl2NO. The molecular weight excluding hydrogens is 221 g/mol. The van der Waals surface area contributed by atoms with Crippen molar-refractivity contribution in [3.8, 4) is 0 Å². The number of nitrogens with zero attached hydrogens (tertiary/aromatic N) is 1. The zero-order valence-electron chi connectivity index (χ0n) is 8.93. The fourth-order valence-electron chi connectivity index (χ4n) is 1.29. The van der Waals surface area contributed by atoms with Crippen molar-refractivity contribution in [1.82, 2.24) is 4.90 Å². The average molecular weight is 240 g/mol. The molecule has 4 heteroatoms. The summed E-state index contributed by atoms with van der Waals surface area (Å²) in [5.74, 6) is -0.161. The minimum atomic E-state index is -0.914. The van der Waals surface area contributed by atoms with E-state index in [-0.39, 0.29) is 5.91 Å². The third-order valence-corrected chi connectivity index (χ3v) is 2.40. The molecule has 0 saturated heterocycles. The molecule has 0 spiro atoms. The van der Waals surface area contributed by atoms with Crippen molar-refractivity contribution in [3.63, 3.8) is 0 Å². The number of carbonyl (C=O) groups excluding carboxylic acids is 1. The predicted molar refractivity (Wildman–Crippen MR) is 61.9 cm³/mol. The molecule has 0 unspecified atom stereocenters. The minimum Gasteiger partial charge on any atom is -0.340 e. The van der Waals surface area contributed by atoms with Gasteiger partial charge in [-0.3, -0.25) is 4.79 Å². The zero-order chi connectivity index (χ0) is 11.0. The van der Waals surface area contributed by atoms with Crippen LogP contribution >= 0.6 is 23.2 Å². The average Bonchev–Trinajstić information content (AvgIpc) is 2.15. The Morgan fingerprint density at radius 2 is 1.79 bits per heavy atom. The van der Waals surface area contributed by atoms with Gasteiger partial charge in [-0.15, -0.1) is 0 Å². The molecule has 0 aliphatic carbocycles. The summed E-state index contributed by atoms with van der Waals surface area (Å²) < 4.78 is 0. The van der Waals surface area contributed by atoms with Crippen LogP contribution in [-0.4, -0.2) is 28.7 Å². The van der Waals surface area contributed by atoms with Crippen molar-refractivity contribution in [2.45, 2.75) is 44.4 Å². The van der Waals surface area contributed by atoms with E-state index in [0.717, 1.165) is 38.8 Å². The van der Waals surface area contributed by atoms with Crippen LogP contribution in [0.25, 0.3) is 0 Å². The fourth-order valence-corrected chi connectivity index (χ4v) is 1.57. The number of hydrogen-bond acceptors (Lipinski definition) is 1. The third kappa shape index (κ3) is 5.71. The van der Waals surface area contributed by atoms with Crippen LogP contribution in [0.4, 0.5) is 0 Å². The van der Waals surface area contributed by atoms with Crippen LogP contribution in [0.5, 0.6) is 0 Å². The highest BCUT2D eigenvalue weighted by atomic mass is 35.5. The molecule has 0 aromatic carbocycles. The molecule has 0 radical (unpaired) electrons. The second kappa shape index (κ2) is 8.37. The second-order valence-corrected chi connectivity index (χ2v) is 4.43. The number of unbranched alkanes of at least 4 members (excludes halogenated alkanes) is 2. The highest BCUT2D eigenvalue weighted by Crippen LogP contribution is 2.09. The van der Waals surface area contributed by atoms with Gasteiger partial charge in [0.2, 0.25) is 0 Å². The first kappa shape index (κ1) is 14.1. The molecule has 0 rings (SSSR count). The van der Waals surface area contributed by atoms with Gasteiger partial charge in [0, 0.05) is 13.1 Å². The predicted octanol–water partition coefficient (Wildman–Crippen LogP) is 3.22. The van der Waals surface area contributed by atoms with Crippen molar-refractivity contribution in [2.24, 2.45) is 0 Å². The summed E-state index contributed by atoms with van der Waals surface area (Å²) >= 11 is 11.1. The fraction of sp³-hybridized carbons (Fsp3) is 0.900. The first-order valence-corrected chi connectivity index (χ1v) is 6.07. The van der Waals surface area contributed by atoms with Crippen molar-refractivity contribution in [3.05, 3.63) is 0 Å². The van der Waals surface area contributed by atoms with Crippen LogP contribution in [0.2, 0.25) is 0 Å². The monoisotopic (exact) mass is 239 g/mol. The number of halogens is 2. The van der Waals surface area contributed by atoms with Gasteiger partial charge in [-0.1, -0.05) is 49.9 Å². The highest BCUT2D eigenvalue weighted by molar-refractivity contribution is 6.53. The van der Waals surface area contributed by atoms with Crippen molar-refractivity contribution in [2.75, 3.05) is 13.1 Å². The van der Waals surface area contributed by atoms with E-state index in [1.165, 1.54) is 0 Å². The molecule has 0 heterocycles. The Morgan fingerprint density at radius 3 is 2.21 bits per heavy atom. The Labute approximate surface area is 96.6 Å². The highest BCUT2D eigenvalue weighted by Gasteiger charge is 2.18. The number of carbonyl (C=O) groups is 1. The van der Waals surface area contributed by atoms with Crippen LogP contribution < -0.4 is 0 Å². The molecule has 0 saturated carbocycles. The molecule has 0 aliphatic heterocycles. The Kier molecular flexibility index (Phi) is 8.40. The maximum absolute atomic E-state index is 11.5. The van der Waals surface area contributed by atoms with E-state index in [4.69, 9.17) is 23.2 Å². The lowest BCUT2D eigenvalue weighted by molar-refractivity contribution is -0.129. The van der Waals surface area contributed by atoms with Gasteiger partial charge in [-0.05, 0) is 12.8 Å². The van der Waals surface area contributed by atoms with Crippen LogP contribution in [0, 0.1) is 0 Å². The number of rotatable bonds is 7. The second-order valence-electron chi connectivity index (χ2n) is 3.33. The molecule has 14 heavy (non-hydrogen) atoms. The summed E-state index contributed by atoms with van der Waals surface area (Å²) in [6, 6.07) is 0. The largest absolute Gasteiger partial charge is 0.340 e. The first-order chi connectivity index (χ1) is 6.63. The Morgan fingerprint density at radius 1 is 1.14 bits per heavy atom. The van der Waals surface area contributed by atoms with Crippen LogP contribution in [-0.2, 0) is 4.79 Å². The summed E-state index contributed by atoms with van der Waals surface area (Å²) in [5.41, 5.74) is 0. The van der Waals surface area contributed by atoms with E-state index in [1.54, 1.807) is 4.90 Å². The van der Waals surface area contributed by atoms with Crippen molar-refractivity contribution < 1.29 is 4.79 Å². The van der Waals surface area contributed by atoms with E-state index < -0.39 is 4.84 Å². The van der Waals surface area contributed by atoms with Gasteiger partial charge in [-0.2, -0.15) is 0 Å². The molecule has 0 aromatic rings. The quantitative estimate of drug-likeness (QED) is 0.494. The topological polar surface area (TPSA) is 20.3 Å². The normalized spacial score (nSPS) is 10.6. The molecule has 2 nitrogen and oxygen atoms in total. The van der Waals surface area contributed by atoms with E-state index in [1.807, 2.05) is 6.92 Å². The van der Waals surface area contributed by atoms with Crippen molar-refractivity contribution >= 4 is 29.1 Å². The van der Waals surface area contributed by atoms with Gasteiger partial charge < -0.3 is 4.90 Å². The summed E-state index contributed by atoms with van der Waals surface area (Å²) in [6.45, 7) is 5.70. The Bertz CT molecular complexity index is 162. The van der Waals surface area contributed by atoms with Gasteiger partial charge in [0.15, 0.2) is 4.84 Å². The molecule has 0 bridgehead atoms. The number of amides is 1. The standard InChI is InChI=1S/C10H19Cl2NO/c1-3-5-6-8-13(7-4-2)10(14)9(11)12/h9H,3-8H2,1-2H3. The van der Waals surface area contributed by atoms with Gasteiger partial charge in [0.1, 0.15) is 0 Å². The van der Waals surface area contributed by atoms with Crippen LogP contribution in [0.3, 0.4) is 0 Å². The molecule has 1 amide bonds. The van der Waals surface area contributed by atoms with Crippen molar-refractivity contribution in [1.29, 1.82) is 0 Å². The molecule has 0 atom stereocenters. The van der Waals surface area contributed by atoms with Crippen LogP contribution in [0.15, 0.2) is 0 Å². The molecule has 0 N–H and O–H groups in total. The van der Waals surface area contributed by atoms with Gasteiger partial charge >= 0.3 is 0 Å². The molecule has 0 aromatic heterocycles. The summed E-state index contributed by atoms with van der Waals surface area (Å²) in [5, 5.41) is 0. The summed E-state index contributed by atoms with van der Waals surface area (Å²) in [4.78, 5) is 12.3. The van der Waals surface area contributed by atoms with E-state index in [9.17, 15) is 4.79 Å². The Balaban J connectivity index is 3.94. The Hall–Kier alpha value is 0.0500. The molecule has 0 fully saturated rings. The lowest BCUT2D eigenvalue weighted by Crippen LogP contribution is -2.36. The lowest BCUT2D eigenvalue weighted by atomic mass is 10.2. The van der Waals surface area contributed by atoms with Gasteiger partial charge in [-0.25, -0.2) is 0 Å². The number of alkyl halides is 2. The molecule has 84 valence electrons. The number of hydrogen-bond donors (Lipinski definition) is 0. The molecule has 0 aliphatic rings. The van der Waals surface area contributed by atoms with Gasteiger partial charge in [0.05, 0.1) is 0 Å². The maximum Gasteiger partial charge on any atom is 0.255 e. The summed E-state index contributed by atoms with van der Waals surface area (Å²) in [6.07, 6.45) is 4.27. The van der Waals surface area contributed by atoms with E-state index in [0.29, 0.717) is 0 Å². The van der Waals surface area contributed by atoms with Crippen LogP contribution in [0.1, 0.15) is 39.5 Å². The van der Waals surface area contributed by atoms with Gasteiger partial charge in [0.25, 0.3) is 5.91 Å². The lowest BCUT2D eigenvalue weighted by Gasteiger charge is -2.22. The minimum absolute atomic E-state index is 0.161.